The zero-order valence-corrected chi connectivity index (χ0v) is 12.1. The predicted octanol–water partition coefficient (Wildman–Crippen LogP) is 2.99. The molecule has 0 atom stereocenters. The third-order valence-electron chi connectivity index (χ3n) is 2.91. The number of nitrogens with one attached hydrogen (secondary N) is 1. The zero-order chi connectivity index (χ0) is 14.7. The fourth-order valence-corrected chi connectivity index (χ4v) is 2.87. The number of aromatic carboxylic acids is 1. The summed E-state index contributed by atoms with van der Waals surface area (Å²) in [7, 11) is 0. The Bertz CT molecular complexity index is 661. The fourth-order valence-electron chi connectivity index (χ4n) is 1.95. The molecule has 0 bridgehead atoms. The molecule has 5 heteroatoms. The Hall–Kier alpha value is -2.14. The van der Waals surface area contributed by atoms with Gasteiger partial charge in [-0.15, -0.1) is 11.3 Å². The van der Waals surface area contributed by atoms with Crippen LogP contribution in [0.4, 0.5) is 0 Å². The highest BCUT2D eigenvalue weighted by atomic mass is 32.1. The minimum atomic E-state index is -0.970. The molecular weight excluding hydrogens is 274 g/mol. The van der Waals surface area contributed by atoms with Crippen LogP contribution in [0.1, 0.15) is 36.0 Å². The largest absolute Gasteiger partial charge is 0.478 e. The van der Waals surface area contributed by atoms with E-state index < -0.39 is 5.97 Å². The molecule has 0 spiro atoms. The van der Waals surface area contributed by atoms with Crippen LogP contribution in [0.5, 0.6) is 0 Å². The molecule has 0 fully saturated rings. The lowest BCUT2D eigenvalue weighted by atomic mass is 10.1. The van der Waals surface area contributed by atoms with Crippen LogP contribution in [0.25, 0.3) is 0 Å². The number of carboxylic acid groups (broad SMARTS) is 1. The number of hydrogen-bond acceptors (Lipinski definition) is 3. The number of thiophene rings is 1. The number of rotatable bonds is 4. The number of benzene rings is 1. The molecule has 1 heterocycles. The van der Waals surface area contributed by atoms with Crippen molar-refractivity contribution >= 4 is 23.2 Å². The van der Waals surface area contributed by atoms with E-state index in [-0.39, 0.29) is 11.5 Å². The van der Waals surface area contributed by atoms with Crippen LogP contribution >= 0.6 is 11.3 Å². The summed E-state index contributed by atoms with van der Waals surface area (Å²) < 4.78 is 0. The average molecular weight is 289 g/mol. The third kappa shape index (κ3) is 3.24. The molecule has 0 aliphatic heterocycles. The van der Waals surface area contributed by atoms with Gasteiger partial charge in [-0.1, -0.05) is 12.1 Å². The van der Waals surface area contributed by atoms with Gasteiger partial charge in [0.1, 0.15) is 0 Å². The van der Waals surface area contributed by atoms with E-state index in [0.29, 0.717) is 12.1 Å². The lowest BCUT2D eigenvalue weighted by Crippen LogP contribution is -2.23. The maximum absolute atomic E-state index is 12.1. The van der Waals surface area contributed by atoms with Gasteiger partial charge in [-0.2, -0.15) is 0 Å². The van der Waals surface area contributed by atoms with E-state index in [9.17, 15) is 9.59 Å². The minimum Gasteiger partial charge on any atom is -0.478 e. The molecule has 20 heavy (non-hydrogen) atoms. The van der Waals surface area contributed by atoms with E-state index in [2.05, 4.69) is 5.32 Å². The molecule has 0 aliphatic rings. The highest BCUT2D eigenvalue weighted by Gasteiger charge is 2.11. The summed E-state index contributed by atoms with van der Waals surface area (Å²) in [6.07, 6.45) is 0. The van der Waals surface area contributed by atoms with Gasteiger partial charge in [-0.3, -0.25) is 4.79 Å². The molecular formula is C15H15NO3S. The minimum absolute atomic E-state index is 0.132. The van der Waals surface area contributed by atoms with Crippen molar-refractivity contribution in [1.29, 1.82) is 0 Å². The van der Waals surface area contributed by atoms with Crippen molar-refractivity contribution < 1.29 is 14.7 Å². The van der Waals surface area contributed by atoms with Crippen LogP contribution in [-0.2, 0) is 6.54 Å². The SMILES string of the molecule is Cc1cc(C(=O)NCc2cccc(C(=O)O)c2)c(C)s1. The summed E-state index contributed by atoms with van der Waals surface area (Å²) in [5.41, 5.74) is 1.67. The maximum Gasteiger partial charge on any atom is 0.335 e. The standard InChI is InChI=1S/C15H15NO3S/c1-9-6-13(10(2)20-9)14(17)16-8-11-4-3-5-12(7-11)15(18)19/h3-7H,8H2,1-2H3,(H,16,17)(H,18,19). The van der Waals surface area contributed by atoms with Crippen LogP contribution < -0.4 is 5.32 Å². The molecule has 1 aromatic heterocycles. The van der Waals surface area contributed by atoms with Crippen LogP contribution in [0, 0.1) is 13.8 Å². The van der Waals surface area contributed by atoms with E-state index in [1.165, 1.54) is 6.07 Å². The Morgan fingerprint density at radius 1 is 1.25 bits per heavy atom. The second-order valence-electron chi connectivity index (χ2n) is 4.52. The molecule has 0 saturated carbocycles. The zero-order valence-electron chi connectivity index (χ0n) is 11.3. The van der Waals surface area contributed by atoms with Gasteiger partial charge in [0.15, 0.2) is 0 Å². The van der Waals surface area contributed by atoms with Crippen LogP contribution in [-0.4, -0.2) is 17.0 Å². The first-order valence-corrected chi connectivity index (χ1v) is 6.96. The topological polar surface area (TPSA) is 66.4 Å². The molecule has 0 unspecified atom stereocenters. The van der Waals surface area contributed by atoms with Crippen molar-refractivity contribution in [3.63, 3.8) is 0 Å². The highest BCUT2D eigenvalue weighted by molar-refractivity contribution is 7.12. The highest BCUT2D eigenvalue weighted by Crippen LogP contribution is 2.20. The molecule has 4 nitrogen and oxygen atoms in total. The van der Waals surface area contributed by atoms with Gasteiger partial charge in [0, 0.05) is 16.3 Å². The molecule has 2 rings (SSSR count). The van der Waals surface area contributed by atoms with E-state index in [1.807, 2.05) is 19.9 Å². The van der Waals surface area contributed by atoms with E-state index in [1.54, 1.807) is 29.5 Å². The number of carbonyl (C=O) groups is 2. The summed E-state index contributed by atoms with van der Waals surface area (Å²) in [6, 6.07) is 8.42. The van der Waals surface area contributed by atoms with Crippen molar-refractivity contribution in [3.05, 3.63) is 56.8 Å². The maximum atomic E-state index is 12.1. The van der Waals surface area contributed by atoms with Gasteiger partial charge in [-0.05, 0) is 37.6 Å². The van der Waals surface area contributed by atoms with Gasteiger partial charge >= 0.3 is 5.97 Å². The Morgan fingerprint density at radius 2 is 2.00 bits per heavy atom. The Morgan fingerprint density at radius 3 is 2.60 bits per heavy atom. The first kappa shape index (κ1) is 14.3. The van der Waals surface area contributed by atoms with Gasteiger partial charge < -0.3 is 10.4 Å². The summed E-state index contributed by atoms with van der Waals surface area (Å²) in [4.78, 5) is 25.0. The summed E-state index contributed by atoms with van der Waals surface area (Å²) in [5.74, 6) is -1.10. The first-order valence-electron chi connectivity index (χ1n) is 6.15. The molecule has 1 amide bonds. The molecule has 2 aromatic rings. The average Bonchev–Trinajstić information content (AvgIpc) is 2.75. The smallest absolute Gasteiger partial charge is 0.335 e. The monoisotopic (exact) mass is 289 g/mol. The molecule has 0 radical (unpaired) electrons. The Kier molecular flexibility index (Phi) is 4.20. The number of carbonyl (C=O) groups excluding carboxylic acids is 1. The third-order valence-corrected chi connectivity index (χ3v) is 3.88. The lowest BCUT2D eigenvalue weighted by Gasteiger charge is -2.06. The van der Waals surface area contributed by atoms with Crippen molar-refractivity contribution in [2.45, 2.75) is 20.4 Å². The quantitative estimate of drug-likeness (QED) is 0.909. The van der Waals surface area contributed by atoms with Crippen molar-refractivity contribution in [2.24, 2.45) is 0 Å². The molecule has 0 aliphatic carbocycles. The number of amides is 1. The van der Waals surface area contributed by atoms with Gasteiger partial charge in [-0.25, -0.2) is 4.79 Å². The Balaban J connectivity index is 2.05. The second-order valence-corrected chi connectivity index (χ2v) is 5.98. The Labute approximate surface area is 121 Å². The van der Waals surface area contributed by atoms with E-state index >= 15 is 0 Å². The van der Waals surface area contributed by atoms with Gasteiger partial charge in [0.2, 0.25) is 0 Å². The second kappa shape index (κ2) is 5.88. The summed E-state index contributed by atoms with van der Waals surface area (Å²) in [6.45, 7) is 4.19. The van der Waals surface area contributed by atoms with Crippen molar-refractivity contribution in [1.82, 2.24) is 5.32 Å². The normalized spacial score (nSPS) is 10.3. The van der Waals surface area contributed by atoms with Crippen molar-refractivity contribution in [2.75, 3.05) is 0 Å². The van der Waals surface area contributed by atoms with Crippen molar-refractivity contribution in [3.8, 4) is 0 Å². The van der Waals surface area contributed by atoms with Gasteiger partial charge in [0.25, 0.3) is 5.91 Å². The number of hydrogen-bond donors (Lipinski definition) is 2. The first-order chi connectivity index (χ1) is 9.47. The van der Waals surface area contributed by atoms with Crippen LogP contribution in [0.15, 0.2) is 30.3 Å². The molecule has 104 valence electrons. The van der Waals surface area contributed by atoms with E-state index in [0.717, 1.165) is 15.3 Å². The summed E-state index contributed by atoms with van der Waals surface area (Å²) >= 11 is 1.59. The van der Waals surface area contributed by atoms with Crippen LogP contribution in [0.3, 0.4) is 0 Å². The summed E-state index contributed by atoms with van der Waals surface area (Å²) in [5, 5.41) is 11.7. The van der Waals surface area contributed by atoms with Gasteiger partial charge in [0.05, 0.1) is 11.1 Å². The predicted molar refractivity (Wildman–Crippen MR) is 78.4 cm³/mol. The van der Waals surface area contributed by atoms with E-state index in [4.69, 9.17) is 5.11 Å². The molecule has 0 saturated heterocycles. The number of carboxylic acids is 1. The fraction of sp³-hybridized carbons (Fsp3) is 0.200. The number of aryl methyl sites for hydroxylation is 2. The van der Waals surface area contributed by atoms with Crippen LogP contribution in [0.2, 0.25) is 0 Å². The molecule has 1 aromatic carbocycles. The molecule has 2 N–H and O–H groups in total. The lowest BCUT2D eigenvalue weighted by molar-refractivity contribution is 0.0696.